The lowest BCUT2D eigenvalue weighted by molar-refractivity contribution is 0.457. The first-order chi connectivity index (χ1) is 8.60. The van der Waals surface area contributed by atoms with Crippen LogP contribution in [0.5, 0.6) is 11.6 Å². The van der Waals surface area contributed by atoms with E-state index in [4.69, 9.17) is 15.7 Å². The number of benzene rings is 1. The average molecular weight is 308 g/mol. The Labute approximate surface area is 111 Å². The number of nitrogens with two attached hydrogens (primary N) is 1. The van der Waals surface area contributed by atoms with Crippen LogP contribution in [0.2, 0.25) is 0 Å². The molecule has 90 valence electrons. The first-order valence-corrected chi connectivity index (χ1v) is 5.68. The van der Waals surface area contributed by atoms with Crippen molar-refractivity contribution in [2.45, 2.75) is 0 Å². The molecule has 0 radical (unpaired) electrons. The molecule has 0 atom stereocenters. The lowest BCUT2D eigenvalue weighted by Crippen LogP contribution is -1.96. The number of ether oxygens (including phenoxy) is 1. The summed E-state index contributed by atoms with van der Waals surface area (Å²) in [4.78, 5) is 3.90. The van der Waals surface area contributed by atoms with E-state index in [-0.39, 0.29) is 17.3 Å². The second kappa shape index (κ2) is 5.02. The lowest BCUT2D eigenvalue weighted by Gasteiger charge is -2.08. The van der Waals surface area contributed by atoms with Crippen molar-refractivity contribution in [1.29, 1.82) is 5.26 Å². The normalized spacial score (nSPS) is 9.83. The van der Waals surface area contributed by atoms with Crippen molar-refractivity contribution in [3.8, 4) is 17.7 Å². The van der Waals surface area contributed by atoms with Gasteiger partial charge in [-0.15, -0.1) is 0 Å². The summed E-state index contributed by atoms with van der Waals surface area (Å²) in [6.07, 6.45) is 1.33. The molecule has 0 saturated heterocycles. The number of anilines is 1. The molecule has 0 saturated carbocycles. The standard InChI is InChI=1S/C12H7BrFN3O/c13-9-2-1-8(14)4-11(9)18-12-10(16)3-7(5-15)6-17-12/h1-4,6H,16H2. The molecule has 0 unspecified atom stereocenters. The fourth-order valence-corrected chi connectivity index (χ4v) is 1.60. The number of aromatic nitrogens is 1. The van der Waals surface area contributed by atoms with Crippen molar-refractivity contribution in [3.63, 3.8) is 0 Å². The topological polar surface area (TPSA) is 71.9 Å². The van der Waals surface area contributed by atoms with E-state index in [1.165, 1.54) is 30.5 Å². The van der Waals surface area contributed by atoms with Crippen molar-refractivity contribution in [1.82, 2.24) is 4.98 Å². The van der Waals surface area contributed by atoms with Gasteiger partial charge in [-0.2, -0.15) is 5.26 Å². The fraction of sp³-hybridized carbons (Fsp3) is 0. The van der Waals surface area contributed by atoms with Crippen LogP contribution in [0.25, 0.3) is 0 Å². The molecule has 1 aromatic carbocycles. The van der Waals surface area contributed by atoms with E-state index in [1.54, 1.807) is 0 Å². The first kappa shape index (κ1) is 12.3. The van der Waals surface area contributed by atoms with E-state index in [1.807, 2.05) is 6.07 Å². The summed E-state index contributed by atoms with van der Waals surface area (Å²) in [6.45, 7) is 0. The average Bonchev–Trinajstić information content (AvgIpc) is 2.36. The van der Waals surface area contributed by atoms with Gasteiger partial charge in [0, 0.05) is 12.3 Å². The molecule has 2 N–H and O–H groups in total. The van der Waals surface area contributed by atoms with Crippen LogP contribution in [0.4, 0.5) is 10.1 Å². The third-order valence-corrected chi connectivity index (χ3v) is 2.76. The van der Waals surface area contributed by atoms with Gasteiger partial charge in [-0.3, -0.25) is 0 Å². The summed E-state index contributed by atoms with van der Waals surface area (Å²) in [7, 11) is 0. The Balaban J connectivity index is 2.34. The number of nitriles is 1. The van der Waals surface area contributed by atoms with Crippen LogP contribution in [0.1, 0.15) is 5.56 Å². The molecule has 4 nitrogen and oxygen atoms in total. The van der Waals surface area contributed by atoms with Crippen LogP contribution in [0.3, 0.4) is 0 Å². The number of nitrogens with zero attached hydrogens (tertiary/aromatic N) is 2. The molecule has 0 spiro atoms. The summed E-state index contributed by atoms with van der Waals surface area (Å²) < 4.78 is 19.0. The van der Waals surface area contributed by atoms with Gasteiger partial charge >= 0.3 is 0 Å². The van der Waals surface area contributed by atoms with Gasteiger partial charge in [0.1, 0.15) is 17.6 Å². The zero-order chi connectivity index (χ0) is 13.1. The largest absolute Gasteiger partial charge is 0.436 e. The van der Waals surface area contributed by atoms with Crippen molar-refractivity contribution in [2.24, 2.45) is 0 Å². The number of hydrogen-bond donors (Lipinski definition) is 1. The van der Waals surface area contributed by atoms with Crippen molar-refractivity contribution < 1.29 is 9.13 Å². The number of nitrogen functional groups attached to an aromatic ring is 1. The smallest absolute Gasteiger partial charge is 0.242 e. The minimum atomic E-state index is -0.430. The maximum absolute atomic E-state index is 13.1. The van der Waals surface area contributed by atoms with E-state index < -0.39 is 5.82 Å². The second-order valence-corrected chi connectivity index (χ2v) is 4.26. The quantitative estimate of drug-likeness (QED) is 0.924. The van der Waals surface area contributed by atoms with Crippen LogP contribution in [0, 0.1) is 17.1 Å². The molecule has 18 heavy (non-hydrogen) atoms. The molecular weight excluding hydrogens is 301 g/mol. The van der Waals surface area contributed by atoms with Gasteiger partial charge in [-0.05, 0) is 34.1 Å². The van der Waals surface area contributed by atoms with Crippen LogP contribution in [0.15, 0.2) is 34.9 Å². The Morgan fingerprint density at radius 1 is 1.39 bits per heavy atom. The van der Waals surface area contributed by atoms with Crippen LogP contribution >= 0.6 is 15.9 Å². The van der Waals surface area contributed by atoms with E-state index >= 15 is 0 Å². The minimum absolute atomic E-state index is 0.125. The highest BCUT2D eigenvalue weighted by Gasteiger charge is 2.09. The maximum atomic E-state index is 13.1. The molecule has 6 heteroatoms. The number of rotatable bonds is 2. The van der Waals surface area contributed by atoms with Gasteiger partial charge < -0.3 is 10.5 Å². The summed E-state index contributed by atoms with van der Waals surface area (Å²) in [5.74, 6) is -0.0420. The maximum Gasteiger partial charge on any atom is 0.242 e. The number of hydrogen-bond acceptors (Lipinski definition) is 4. The fourth-order valence-electron chi connectivity index (χ4n) is 1.28. The Hall–Kier alpha value is -2.13. The highest BCUT2D eigenvalue weighted by Crippen LogP contribution is 2.31. The summed E-state index contributed by atoms with van der Waals surface area (Å²) in [5.41, 5.74) is 6.23. The van der Waals surface area contributed by atoms with Crippen LogP contribution in [-0.4, -0.2) is 4.98 Å². The van der Waals surface area contributed by atoms with Crippen molar-refractivity contribution in [3.05, 3.63) is 46.3 Å². The molecule has 0 aliphatic rings. The molecule has 1 aromatic heterocycles. The third kappa shape index (κ3) is 2.57. The van der Waals surface area contributed by atoms with Gasteiger partial charge in [0.05, 0.1) is 15.7 Å². The molecule has 0 aliphatic carbocycles. The predicted octanol–water partition coefficient (Wildman–Crippen LogP) is 3.23. The first-order valence-electron chi connectivity index (χ1n) is 4.88. The van der Waals surface area contributed by atoms with Crippen molar-refractivity contribution >= 4 is 21.6 Å². The summed E-state index contributed by atoms with van der Waals surface area (Å²) >= 11 is 3.23. The Morgan fingerprint density at radius 2 is 2.17 bits per heavy atom. The third-order valence-electron chi connectivity index (χ3n) is 2.11. The van der Waals surface area contributed by atoms with E-state index in [9.17, 15) is 4.39 Å². The van der Waals surface area contributed by atoms with Gasteiger partial charge in [0.15, 0.2) is 0 Å². The molecule has 2 rings (SSSR count). The van der Waals surface area contributed by atoms with Gasteiger partial charge in [-0.25, -0.2) is 9.37 Å². The zero-order valence-corrected chi connectivity index (χ0v) is 10.6. The Morgan fingerprint density at radius 3 is 2.83 bits per heavy atom. The van der Waals surface area contributed by atoms with Crippen molar-refractivity contribution in [2.75, 3.05) is 5.73 Å². The Kier molecular flexibility index (Phi) is 3.44. The predicted molar refractivity (Wildman–Crippen MR) is 67.5 cm³/mol. The van der Waals surface area contributed by atoms with E-state index in [0.717, 1.165) is 0 Å². The molecule has 0 fully saturated rings. The lowest BCUT2D eigenvalue weighted by atomic mass is 10.3. The summed E-state index contributed by atoms with van der Waals surface area (Å²) in [5, 5.41) is 8.68. The molecule has 0 bridgehead atoms. The van der Waals surface area contributed by atoms with Crippen LogP contribution in [-0.2, 0) is 0 Å². The highest BCUT2D eigenvalue weighted by atomic mass is 79.9. The van der Waals surface area contributed by atoms with Gasteiger partial charge in [-0.1, -0.05) is 0 Å². The zero-order valence-electron chi connectivity index (χ0n) is 9.02. The molecule has 0 amide bonds. The Bertz CT molecular complexity index is 640. The molecule has 2 aromatic rings. The monoisotopic (exact) mass is 307 g/mol. The molecular formula is C12H7BrFN3O. The van der Waals surface area contributed by atoms with E-state index in [0.29, 0.717) is 10.0 Å². The van der Waals surface area contributed by atoms with Gasteiger partial charge in [0.2, 0.25) is 5.88 Å². The molecule has 1 heterocycles. The SMILES string of the molecule is N#Cc1cnc(Oc2cc(F)ccc2Br)c(N)c1. The van der Waals surface area contributed by atoms with Gasteiger partial charge in [0.25, 0.3) is 0 Å². The number of pyridine rings is 1. The molecule has 0 aliphatic heterocycles. The highest BCUT2D eigenvalue weighted by molar-refractivity contribution is 9.10. The second-order valence-electron chi connectivity index (χ2n) is 3.41. The van der Waals surface area contributed by atoms with E-state index in [2.05, 4.69) is 20.9 Å². The number of halogens is 2. The summed E-state index contributed by atoms with van der Waals surface area (Å²) in [6, 6.07) is 7.38. The minimum Gasteiger partial charge on any atom is -0.436 e. The van der Waals surface area contributed by atoms with Crippen LogP contribution < -0.4 is 10.5 Å².